The molecule has 0 bridgehead atoms. The molecule has 1 fully saturated rings. The third-order valence-corrected chi connectivity index (χ3v) is 7.47. The van der Waals surface area contributed by atoms with Gasteiger partial charge in [0.15, 0.2) is 0 Å². The monoisotopic (exact) mass is 519 g/mol. The van der Waals surface area contributed by atoms with Gasteiger partial charge in [0.05, 0.1) is 46.3 Å². The van der Waals surface area contributed by atoms with E-state index in [0.717, 1.165) is 48.0 Å². The van der Waals surface area contributed by atoms with Crippen molar-refractivity contribution in [3.63, 3.8) is 0 Å². The maximum Gasteiger partial charge on any atom is 0.333 e. The minimum absolute atomic E-state index is 0.0735. The number of halogens is 1. The number of nitrogens with one attached hydrogen (secondary N) is 1. The zero-order valence-electron chi connectivity index (χ0n) is 21.2. The van der Waals surface area contributed by atoms with E-state index in [2.05, 4.69) is 15.3 Å². The number of hydrogen-bond donors (Lipinski definition) is 1. The summed E-state index contributed by atoms with van der Waals surface area (Å²) in [5.74, 6) is 0.720. The maximum absolute atomic E-state index is 13.7. The van der Waals surface area contributed by atoms with Crippen LogP contribution in [0.4, 0.5) is 0 Å². The highest BCUT2D eigenvalue weighted by molar-refractivity contribution is 6.30. The summed E-state index contributed by atoms with van der Waals surface area (Å²) in [4.78, 5) is 35.0. The van der Waals surface area contributed by atoms with E-state index in [1.165, 1.54) is 0 Å². The lowest BCUT2D eigenvalue weighted by Gasteiger charge is -2.29. The average molecular weight is 520 g/mol. The lowest BCUT2D eigenvalue weighted by molar-refractivity contribution is 0.0919. The highest BCUT2D eigenvalue weighted by Gasteiger charge is 2.26. The Morgan fingerprint density at radius 1 is 1.08 bits per heavy atom. The van der Waals surface area contributed by atoms with Crippen LogP contribution in [0.2, 0.25) is 5.02 Å². The summed E-state index contributed by atoms with van der Waals surface area (Å²) in [5.41, 5.74) is 4.52. The standard InChI is InChI=1S/C28H30ClN5O3/c1-17-12-26(37-3)31-15-25(17)34-24-7-5-4-6-23(24)33(28(34)36)16-19-8-10-21(11-9-19)32-27(35)22-13-20(29)14-30-18(22)2/h4-7,12-15,19,21H,8-11,16H2,1-3H3,(H,32,35). The molecule has 1 aliphatic rings. The number of imidazole rings is 1. The predicted molar refractivity (Wildman–Crippen MR) is 144 cm³/mol. The van der Waals surface area contributed by atoms with E-state index in [9.17, 15) is 9.59 Å². The lowest BCUT2D eigenvalue weighted by Crippen LogP contribution is -2.39. The molecular weight excluding hydrogens is 490 g/mol. The fraction of sp³-hybridized carbons (Fsp3) is 0.357. The normalized spacial score (nSPS) is 17.6. The summed E-state index contributed by atoms with van der Waals surface area (Å²) < 4.78 is 8.86. The Kier molecular flexibility index (Phi) is 7.02. The quantitative estimate of drug-likeness (QED) is 0.393. The van der Waals surface area contributed by atoms with Gasteiger partial charge in [0.2, 0.25) is 5.88 Å². The number of carbonyl (C=O) groups is 1. The van der Waals surface area contributed by atoms with Gasteiger partial charge in [0, 0.05) is 24.8 Å². The molecule has 8 nitrogen and oxygen atoms in total. The highest BCUT2D eigenvalue weighted by Crippen LogP contribution is 2.28. The van der Waals surface area contributed by atoms with E-state index >= 15 is 0 Å². The van der Waals surface area contributed by atoms with Crippen molar-refractivity contribution in [2.24, 2.45) is 5.92 Å². The Balaban J connectivity index is 1.33. The zero-order valence-corrected chi connectivity index (χ0v) is 22.0. The minimum atomic E-state index is -0.140. The van der Waals surface area contributed by atoms with Crippen LogP contribution in [-0.2, 0) is 6.54 Å². The average Bonchev–Trinajstić information content (AvgIpc) is 3.17. The summed E-state index contributed by atoms with van der Waals surface area (Å²) in [6.45, 7) is 4.39. The molecule has 9 heteroatoms. The van der Waals surface area contributed by atoms with Crippen molar-refractivity contribution in [1.29, 1.82) is 0 Å². The van der Waals surface area contributed by atoms with Crippen LogP contribution in [0, 0.1) is 19.8 Å². The summed E-state index contributed by atoms with van der Waals surface area (Å²) in [6.07, 6.45) is 6.80. The molecule has 5 rings (SSSR count). The van der Waals surface area contributed by atoms with Gasteiger partial charge >= 0.3 is 5.69 Å². The van der Waals surface area contributed by atoms with Crippen molar-refractivity contribution < 1.29 is 9.53 Å². The SMILES string of the molecule is COc1cc(C)c(-n2c(=O)n(CC3CCC(NC(=O)c4cc(Cl)cnc4C)CC3)c3ccccc32)cn1. The lowest BCUT2D eigenvalue weighted by atomic mass is 9.85. The molecule has 1 aromatic carbocycles. The minimum Gasteiger partial charge on any atom is -0.481 e. The maximum atomic E-state index is 13.7. The summed E-state index contributed by atoms with van der Waals surface area (Å²) in [6, 6.07) is 11.5. The molecule has 0 aliphatic heterocycles. The number of rotatable bonds is 6. The number of hydrogen-bond acceptors (Lipinski definition) is 5. The number of aryl methyl sites for hydroxylation is 2. The predicted octanol–water partition coefficient (Wildman–Crippen LogP) is 4.85. The molecule has 0 unspecified atom stereocenters. The third kappa shape index (κ3) is 4.98. The van der Waals surface area contributed by atoms with Crippen molar-refractivity contribution >= 4 is 28.5 Å². The van der Waals surface area contributed by atoms with E-state index in [4.69, 9.17) is 16.3 Å². The van der Waals surface area contributed by atoms with Gasteiger partial charge in [-0.05, 0) is 69.2 Å². The molecule has 37 heavy (non-hydrogen) atoms. The van der Waals surface area contributed by atoms with Crippen LogP contribution in [0.25, 0.3) is 16.7 Å². The topological polar surface area (TPSA) is 91.0 Å². The largest absolute Gasteiger partial charge is 0.481 e. The first-order valence-electron chi connectivity index (χ1n) is 12.5. The number of methoxy groups -OCH3 is 1. The van der Waals surface area contributed by atoms with Gasteiger partial charge in [-0.2, -0.15) is 0 Å². The summed E-state index contributed by atoms with van der Waals surface area (Å²) in [5, 5.41) is 3.59. The molecular formula is C28H30ClN5O3. The zero-order chi connectivity index (χ0) is 26.1. The number of nitrogens with zero attached hydrogens (tertiary/aromatic N) is 4. The number of benzene rings is 1. The summed E-state index contributed by atoms with van der Waals surface area (Å²) in [7, 11) is 1.58. The van der Waals surface area contributed by atoms with Gasteiger partial charge < -0.3 is 10.1 Å². The van der Waals surface area contributed by atoms with Crippen LogP contribution in [0.15, 0.2) is 53.6 Å². The number of ether oxygens (including phenoxy) is 1. The van der Waals surface area contributed by atoms with E-state index in [1.807, 2.05) is 41.8 Å². The van der Waals surface area contributed by atoms with Crippen molar-refractivity contribution in [1.82, 2.24) is 24.4 Å². The van der Waals surface area contributed by atoms with E-state index in [0.29, 0.717) is 34.6 Å². The second kappa shape index (κ2) is 10.4. The number of fused-ring (bicyclic) bond motifs is 1. The van der Waals surface area contributed by atoms with Crippen molar-refractivity contribution in [2.75, 3.05) is 7.11 Å². The molecule has 1 amide bonds. The molecule has 1 N–H and O–H groups in total. The molecule has 0 saturated heterocycles. The summed E-state index contributed by atoms with van der Waals surface area (Å²) >= 11 is 6.04. The molecule has 1 aliphatic carbocycles. The molecule has 3 heterocycles. The van der Waals surface area contributed by atoms with Crippen LogP contribution in [-0.4, -0.2) is 38.2 Å². The molecule has 1 saturated carbocycles. The van der Waals surface area contributed by atoms with E-state index in [1.54, 1.807) is 37.1 Å². The Morgan fingerprint density at radius 2 is 1.81 bits per heavy atom. The molecule has 4 aromatic rings. The van der Waals surface area contributed by atoms with Crippen LogP contribution < -0.4 is 15.7 Å². The number of pyridine rings is 2. The molecule has 3 aromatic heterocycles. The van der Waals surface area contributed by atoms with Gasteiger partial charge in [0.1, 0.15) is 0 Å². The van der Waals surface area contributed by atoms with Gasteiger partial charge in [-0.3, -0.25) is 18.9 Å². The first-order valence-corrected chi connectivity index (χ1v) is 12.9. The van der Waals surface area contributed by atoms with Gasteiger partial charge in [-0.1, -0.05) is 23.7 Å². The smallest absolute Gasteiger partial charge is 0.333 e. The third-order valence-electron chi connectivity index (χ3n) is 7.26. The fourth-order valence-corrected chi connectivity index (χ4v) is 5.39. The number of aromatic nitrogens is 4. The Bertz CT molecular complexity index is 1520. The highest BCUT2D eigenvalue weighted by atomic mass is 35.5. The first kappa shape index (κ1) is 25.0. The van der Waals surface area contributed by atoms with Crippen LogP contribution in [0.1, 0.15) is 47.3 Å². The molecule has 192 valence electrons. The molecule has 0 radical (unpaired) electrons. The number of para-hydroxylation sites is 2. The Hall–Kier alpha value is -3.65. The Morgan fingerprint density at radius 3 is 2.51 bits per heavy atom. The first-order chi connectivity index (χ1) is 17.9. The van der Waals surface area contributed by atoms with Gasteiger partial charge in [0.25, 0.3) is 5.91 Å². The fourth-order valence-electron chi connectivity index (χ4n) is 5.23. The molecule has 0 atom stereocenters. The van der Waals surface area contributed by atoms with Crippen LogP contribution >= 0.6 is 11.6 Å². The second-order valence-corrected chi connectivity index (χ2v) is 10.1. The van der Waals surface area contributed by atoms with Crippen LogP contribution in [0.5, 0.6) is 5.88 Å². The van der Waals surface area contributed by atoms with E-state index < -0.39 is 0 Å². The van der Waals surface area contributed by atoms with E-state index in [-0.39, 0.29) is 17.6 Å². The Labute approximate surface area is 220 Å². The van der Waals surface area contributed by atoms with Gasteiger partial charge in [-0.15, -0.1) is 0 Å². The van der Waals surface area contributed by atoms with Gasteiger partial charge in [-0.25, -0.2) is 9.78 Å². The number of amides is 1. The number of carbonyl (C=O) groups excluding carboxylic acids is 1. The van der Waals surface area contributed by atoms with Crippen molar-refractivity contribution in [3.8, 4) is 11.6 Å². The van der Waals surface area contributed by atoms with Crippen molar-refractivity contribution in [3.05, 3.63) is 81.1 Å². The van der Waals surface area contributed by atoms with Crippen molar-refractivity contribution in [2.45, 2.75) is 52.1 Å². The molecule has 0 spiro atoms. The second-order valence-electron chi connectivity index (χ2n) is 9.71. The van der Waals surface area contributed by atoms with Crippen LogP contribution in [0.3, 0.4) is 0 Å².